The van der Waals surface area contributed by atoms with Crippen molar-refractivity contribution < 1.29 is 22.3 Å². The highest BCUT2D eigenvalue weighted by molar-refractivity contribution is 6.99. The van der Waals surface area contributed by atoms with Crippen molar-refractivity contribution in [1.82, 2.24) is 10.3 Å². The monoisotopic (exact) mass is 588 g/mol. The molecule has 0 amide bonds. The summed E-state index contributed by atoms with van der Waals surface area (Å²) in [5.41, 5.74) is 1.30. The number of nitrogens with one attached hydrogen (secondary N) is 1. The second kappa shape index (κ2) is 12.3. The zero-order chi connectivity index (χ0) is 29.8. The molecule has 4 aromatic rings. The van der Waals surface area contributed by atoms with E-state index < -0.39 is 20.1 Å². The van der Waals surface area contributed by atoms with Crippen LogP contribution < -0.4 is 20.4 Å². The summed E-state index contributed by atoms with van der Waals surface area (Å²) >= 11 is 0. The minimum absolute atomic E-state index is 0.0996. The highest BCUT2D eigenvalue weighted by Gasteiger charge is 2.51. The summed E-state index contributed by atoms with van der Waals surface area (Å²) in [5.74, 6) is 0.595. The Balaban J connectivity index is 1.47. The molecule has 42 heavy (non-hydrogen) atoms. The number of hydrogen-bond acceptors (Lipinski definition) is 4. The summed E-state index contributed by atoms with van der Waals surface area (Å²) in [5, 5.41) is 5.84. The number of aromatic nitrogens is 1. The van der Waals surface area contributed by atoms with Crippen LogP contribution in [0.2, 0.25) is 5.04 Å². The third-order valence-corrected chi connectivity index (χ3v) is 12.6. The number of piperidine rings is 1. The van der Waals surface area contributed by atoms with Gasteiger partial charge in [0, 0.05) is 18.8 Å². The van der Waals surface area contributed by atoms with Crippen molar-refractivity contribution in [2.45, 2.75) is 44.5 Å². The van der Waals surface area contributed by atoms with Crippen LogP contribution in [0.3, 0.4) is 0 Å². The fraction of sp³-hybridized carbons (Fsp3) is 0.265. The molecule has 3 aromatic carbocycles. The lowest BCUT2D eigenvalue weighted by molar-refractivity contribution is -0.137. The highest BCUT2D eigenvalue weighted by atomic mass is 28.4. The molecule has 1 saturated heterocycles. The van der Waals surface area contributed by atoms with Gasteiger partial charge in [-0.3, -0.25) is 0 Å². The quantitative estimate of drug-likeness (QED) is 0.232. The summed E-state index contributed by atoms with van der Waals surface area (Å²) in [6.45, 7) is 8.36. The molecule has 1 atom stereocenters. The summed E-state index contributed by atoms with van der Waals surface area (Å²) < 4.78 is 52.0. The Bertz CT molecular complexity index is 1460. The summed E-state index contributed by atoms with van der Waals surface area (Å²) in [4.78, 5) is 3.84. The molecule has 218 valence electrons. The van der Waals surface area contributed by atoms with Gasteiger partial charge in [-0.15, -0.1) is 0 Å². The van der Waals surface area contributed by atoms with Crippen LogP contribution in [0, 0.1) is 0 Å². The van der Waals surface area contributed by atoms with Crippen LogP contribution >= 0.6 is 0 Å². The lowest BCUT2D eigenvalue weighted by Crippen LogP contribution is -2.68. The fourth-order valence-electron chi connectivity index (χ4n) is 5.56. The molecule has 0 aliphatic carbocycles. The maximum atomic E-state index is 12.9. The van der Waals surface area contributed by atoms with Gasteiger partial charge in [0.2, 0.25) is 5.88 Å². The first kappa shape index (κ1) is 29.8. The second-order valence-corrected chi connectivity index (χ2v) is 15.8. The van der Waals surface area contributed by atoms with E-state index in [0.29, 0.717) is 12.3 Å². The average molecular weight is 589 g/mol. The van der Waals surface area contributed by atoms with Crippen LogP contribution in [0.15, 0.2) is 109 Å². The Hall–Kier alpha value is -3.72. The van der Waals surface area contributed by atoms with Crippen LogP contribution in [0.25, 0.3) is 6.08 Å². The molecular formula is C34H35F3N2O2Si. The zero-order valence-corrected chi connectivity index (χ0v) is 25.0. The molecule has 0 radical (unpaired) electrons. The van der Waals surface area contributed by atoms with Crippen molar-refractivity contribution in [1.29, 1.82) is 0 Å². The first-order valence-corrected chi connectivity index (χ1v) is 16.0. The Morgan fingerprint density at radius 2 is 1.52 bits per heavy atom. The predicted molar refractivity (Wildman–Crippen MR) is 164 cm³/mol. The van der Waals surface area contributed by atoms with E-state index in [9.17, 15) is 13.2 Å². The van der Waals surface area contributed by atoms with E-state index in [4.69, 9.17) is 9.16 Å². The number of alkyl halides is 3. The molecule has 1 N–H and O–H groups in total. The lowest BCUT2D eigenvalue weighted by Gasteiger charge is -2.46. The van der Waals surface area contributed by atoms with Gasteiger partial charge >= 0.3 is 6.18 Å². The molecule has 1 unspecified atom stereocenters. The maximum Gasteiger partial charge on any atom is 0.417 e. The van der Waals surface area contributed by atoms with Crippen molar-refractivity contribution >= 4 is 24.8 Å². The van der Waals surface area contributed by atoms with Gasteiger partial charge < -0.3 is 14.5 Å². The topological polar surface area (TPSA) is 43.4 Å². The molecule has 8 heteroatoms. The zero-order valence-electron chi connectivity index (χ0n) is 24.0. The van der Waals surface area contributed by atoms with Gasteiger partial charge in [-0.25, -0.2) is 4.98 Å². The first-order valence-electron chi connectivity index (χ1n) is 14.1. The van der Waals surface area contributed by atoms with Crippen LogP contribution in [0.5, 0.6) is 11.6 Å². The van der Waals surface area contributed by atoms with E-state index in [1.807, 2.05) is 30.3 Å². The largest absolute Gasteiger partial charge is 0.439 e. The SMILES string of the molecule is CC(C)(C)[Si](OC1CNCC/C1=C\c1cccc(Oc2ccc(C(F)(F)F)cn2)c1)(c1ccccc1)c1ccccc1. The molecule has 2 heterocycles. The van der Waals surface area contributed by atoms with Crippen LogP contribution in [-0.2, 0) is 10.6 Å². The van der Waals surface area contributed by atoms with Gasteiger partial charge in [-0.05, 0) is 57.7 Å². The molecule has 1 aromatic heterocycles. The number of pyridine rings is 1. The number of halogens is 3. The van der Waals surface area contributed by atoms with Crippen molar-refractivity contribution in [3.05, 3.63) is 120 Å². The van der Waals surface area contributed by atoms with Gasteiger partial charge in [0.05, 0.1) is 11.7 Å². The van der Waals surface area contributed by atoms with Crippen molar-refractivity contribution in [3.63, 3.8) is 0 Å². The van der Waals surface area contributed by atoms with Crippen molar-refractivity contribution in [2.24, 2.45) is 0 Å². The number of nitrogens with zero attached hydrogens (tertiary/aromatic N) is 1. The Labute approximate surface area is 246 Å². The van der Waals surface area contributed by atoms with Gasteiger partial charge in [0.1, 0.15) is 5.75 Å². The number of benzene rings is 3. The standard InChI is InChI=1S/C34H35F3N2O2Si/c1-33(2,3)42(29-13-6-4-7-14-29,30-15-8-5-9-16-30)41-31-24-38-20-19-26(31)21-25-11-10-12-28(22-25)40-32-18-17-27(23-39-32)34(35,36)37/h4-18,21-23,31,38H,19-20,24H2,1-3H3/b26-21+. The van der Waals surface area contributed by atoms with Crippen LogP contribution in [0.1, 0.15) is 38.3 Å². The molecule has 0 bridgehead atoms. The minimum Gasteiger partial charge on any atom is -0.439 e. The molecule has 5 rings (SSSR count). The molecule has 1 aliphatic heterocycles. The summed E-state index contributed by atoms with van der Waals surface area (Å²) in [6.07, 6.45) is -0.834. The van der Waals surface area contributed by atoms with Gasteiger partial charge in [0.15, 0.2) is 0 Å². The number of rotatable bonds is 7. The average Bonchev–Trinajstić information content (AvgIpc) is 2.97. The second-order valence-electron chi connectivity index (χ2n) is 11.5. The molecule has 0 saturated carbocycles. The van der Waals surface area contributed by atoms with Crippen LogP contribution in [0.4, 0.5) is 13.2 Å². The van der Waals surface area contributed by atoms with E-state index in [1.54, 1.807) is 6.07 Å². The number of ether oxygens (including phenoxy) is 1. The normalized spacial score (nSPS) is 17.3. The van der Waals surface area contributed by atoms with Gasteiger partial charge in [0.25, 0.3) is 8.32 Å². The van der Waals surface area contributed by atoms with E-state index in [-0.39, 0.29) is 17.0 Å². The molecular weight excluding hydrogens is 553 g/mol. The Kier molecular flexibility index (Phi) is 8.68. The Morgan fingerprint density at radius 1 is 0.857 bits per heavy atom. The predicted octanol–water partition coefficient (Wildman–Crippen LogP) is 7.21. The van der Waals surface area contributed by atoms with Crippen molar-refractivity contribution in [2.75, 3.05) is 13.1 Å². The molecule has 1 fully saturated rings. The van der Waals surface area contributed by atoms with E-state index in [2.05, 4.69) is 85.7 Å². The van der Waals surface area contributed by atoms with Gasteiger partial charge in [-0.1, -0.05) is 99.6 Å². The van der Waals surface area contributed by atoms with E-state index in [1.165, 1.54) is 22.0 Å². The van der Waals surface area contributed by atoms with Gasteiger partial charge in [-0.2, -0.15) is 13.2 Å². The molecule has 4 nitrogen and oxygen atoms in total. The lowest BCUT2D eigenvalue weighted by atomic mass is 9.99. The minimum atomic E-state index is -4.44. The Morgan fingerprint density at radius 3 is 2.10 bits per heavy atom. The summed E-state index contributed by atoms with van der Waals surface area (Å²) in [6, 6.07) is 30.9. The summed E-state index contributed by atoms with van der Waals surface area (Å²) in [7, 11) is -2.77. The third-order valence-electron chi connectivity index (χ3n) is 7.57. The maximum absolute atomic E-state index is 12.9. The molecule has 1 aliphatic rings. The van der Waals surface area contributed by atoms with Crippen LogP contribution in [-0.4, -0.2) is 32.5 Å². The molecule has 0 spiro atoms. The third kappa shape index (κ3) is 6.51. The smallest absolute Gasteiger partial charge is 0.417 e. The first-order chi connectivity index (χ1) is 20.1. The fourth-order valence-corrected chi connectivity index (χ4v) is 10.2. The number of hydrogen-bond donors (Lipinski definition) is 1. The van der Waals surface area contributed by atoms with E-state index >= 15 is 0 Å². The van der Waals surface area contributed by atoms with Crippen molar-refractivity contribution in [3.8, 4) is 11.6 Å². The van der Waals surface area contributed by atoms with E-state index in [0.717, 1.165) is 30.8 Å². The highest BCUT2D eigenvalue weighted by Crippen LogP contribution is 2.39.